The Hall–Kier alpha value is -1.87. The van der Waals surface area contributed by atoms with Crippen LogP contribution in [0.1, 0.15) is 37.1 Å². The molecule has 3 nitrogen and oxygen atoms in total. The summed E-state index contributed by atoms with van der Waals surface area (Å²) in [6.07, 6.45) is 3.69. The molecule has 1 N–H and O–H groups in total. The van der Waals surface area contributed by atoms with E-state index in [-0.39, 0.29) is 12.1 Å². The molecule has 19 heavy (non-hydrogen) atoms. The molecular formula is C16H20N2O. The fraction of sp³-hybridized carbons (Fsp3) is 0.312. The monoisotopic (exact) mass is 256 g/mol. The van der Waals surface area contributed by atoms with E-state index < -0.39 is 0 Å². The first kappa shape index (κ1) is 13.6. The van der Waals surface area contributed by atoms with Crippen molar-refractivity contribution in [2.75, 3.05) is 7.11 Å². The average molecular weight is 256 g/mol. The Kier molecular flexibility index (Phi) is 4.53. The zero-order valence-corrected chi connectivity index (χ0v) is 11.6. The van der Waals surface area contributed by atoms with E-state index in [1.165, 1.54) is 11.1 Å². The smallest absolute Gasteiger partial charge is 0.119 e. The average Bonchev–Trinajstić information content (AvgIpc) is 2.48. The number of aromatic nitrogens is 1. The summed E-state index contributed by atoms with van der Waals surface area (Å²) in [5, 5.41) is 3.57. The lowest BCUT2D eigenvalue weighted by Crippen LogP contribution is -2.22. The highest BCUT2D eigenvalue weighted by atomic mass is 16.5. The second-order valence-electron chi connectivity index (χ2n) is 4.67. The second kappa shape index (κ2) is 6.34. The van der Waals surface area contributed by atoms with Crippen molar-refractivity contribution < 1.29 is 4.74 Å². The Balaban J connectivity index is 2.06. The lowest BCUT2D eigenvalue weighted by atomic mass is 10.1. The van der Waals surface area contributed by atoms with Crippen LogP contribution in [0.25, 0.3) is 0 Å². The van der Waals surface area contributed by atoms with Gasteiger partial charge in [0.1, 0.15) is 5.75 Å². The van der Waals surface area contributed by atoms with Gasteiger partial charge in [-0.05, 0) is 43.2 Å². The van der Waals surface area contributed by atoms with Gasteiger partial charge in [-0.25, -0.2) is 0 Å². The molecule has 1 heterocycles. The molecule has 1 aromatic carbocycles. The highest BCUT2D eigenvalue weighted by molar-refractivity contribution is 5.30. The van der Waals surface area contributed by atoms with Crippen molar-refractivity contribution in [1.82, 2.24) is 10.3 Å². The minimum Gasteiger partial charge on any atom is -0.497 e. The molecule has 1 unspecified atom stereocenters. The summed E-state index contributed by atoms with van der Waals surface area (Å²) in [5.74, 6) is 0.889. The van der Waals surface area contributed by atoms with Crippen molar-refractivity contribution in [2.24, 2.45) is 0 Å². The molecule has 100 valence electrons. The Morgan fingerprint density at radius 1 is 1.05 bits per heavy atom. The van der Waals surface area contributed by atoms with E-state index in [4.69, 9.17) is 4.74 Å². The van der Waals surface area contributed by atoms with Crippen LogP contribution < -0.4 is 10.1 Å². The summed E-state index contributed by atoms with van der Waals surface area (Å²) in [5.41, 5.74) is 2.41. The maximum Gasteiger partial charge on any atom is 0.119 e. The maximum atomic E-state index is 5.26. The molecule has 1 aromatic heterocycles. The van der Waals surface area contributed by atoms with Crippen LogP contribution in [0, 0.1) is 0 Å². The third kappa shape index (κ3) is 3.55. The molecule has 0 amide bonds. The van der Waals surface area contributed by atoms with Gasteiger partial charge in [-0.2, -0.15) is 0 Å². The van der Waals surface area contributed by atoms with Gasteiger partial charge in [0.25, 0.3) is 0 Å². The summed E-state index contributed by atoms with van der Waals surface area (Å²) in [7, 11) is 1.69. The van der Waals surface area contributed by atoms with Gasteiger partial charge in [-0.3, -0.25) is 4.98 Å². The fourth-order valence-corrected chi connectivity index (χ4v) is 2.11. The quantitative estimate of drug-likeness (QED) is 0.889. The molecule has 2 atom stereocenters. The third-order valence-electron chi connectivity index (χ3n) is 3.28. The molecular weight excluding hydrogens is 236 g/mol. The van der Waals surface area contributed by atoms with Crippen molar-refractivity contribution in [3.05, 3.63) is 59.9 Å². The van der Waals surface area contributed by atoms with Gasteiger partial charge in [0.05, 0.1) is 7.11 Å². The molecule has 2 aromatic rings. The molecule has 3 heteroatoms. The molecule has 2 rings (SSSR count). The molecule has 0 bridgehead atoms. The number of pyridine rings is 1. The SMILES string of the molecule is COc1cccc([C@H](C)NC(C)c2cccnc2)c1. The number of rotatable bonds is 5. The van der Waals surface area contributed by atoms with E-state index >= 15 is 0 Å². The molecule has 0 saturated heterocycles. The van der Waals surface area contributed by atoms with Crippen LogP contribution in [-0.4, -0.2) is 12.1 Å². The number of hydrogen-bond acceptors (Lipinski definition) is 3. The number of nitrogens with zero attached hydrogens (tertiary/aromatic N) is 1. The molecule has 0 fully saturated rings. The summed E-state index contributed by atoms with van der Waals surface area (Å²) >= 11 is 0. The summed E-state index contributed by atoms with van der Waals surface area (Å²) in [6.45, 7) is 4.30. The minimum atomic E-state index is 0.255. The molecule has 0 aliphatic carbocycles. The molecule has 0 spiro atoms. The molecule has 0 radical (unpaired) electrons. The number of methoxy groups -OCH3 is 1. The van der Waals surface area contributed by atoms with Crippen LogP contribution in [0.3, 0.4) is 0 Å². The predicted molar refractivity (Wildman–Crippen MR) is 77.2 cm³/mol. The van der Waals surface area contributed by atoms with Crippen molar-refractivity contribution >= 4 is 0 Å². The minimum absolute atomic E-state index is 0.255. The van der Waals surface area contributed by atoms with Gasteiger partial charge < -0.3 is 10.1 Å². The Morgan fingerprint density at radius 2 is 1.79 bits per heavy atom. The Morgan fingerprint density at radius 3 is 2.47 bits per heavy atom. The summed E-state index contributed by atoms with van der Waals surface area (Å²) < 4.78 is 5.26. The first-order chi connectivity index (χ1) is 9.20. The molecule has 0 saturated carbocycles. The molecule has 0 aliphatic rings. The van der Waals surface area contributed by atoms with E-state index in [0.29, 0.717) is 0 Å². The van der Waals surface area contributed by atoms with Gasteiger partial charge in [0.2, 0.25) is 0 Å². The van der Waals surface area contributed by atoms with Crippen molar-refractivity contribution in [3.8, 4) is 5.75 Å². The number of nitrogens with one attached hydrogen (secondary N) is 1. The first-order valence-corrected chi connectivity index (χ1v) is 6.50. The number of benzene rings is 1. The second-order valence-corrected chi connectivity index (χ2v) is 4.67. The number of hydrogen-bond donors (Lipinski definition) is 1. The van der Waals surface area contributed by atoms with Crippen LogP contribution in [0.2, 0.25) is 0 Å². The van der Waals surface area contributed by atoms with E-state index in [1.54, 1.807) is 13.3 Å². The van der Waals surface area contributed by atoms with Crippen LogP contribution in [0.4, 0.5) is 0 Å². The van der Waals surface area contributed by atoms with Crippen molar-refractivity contribution in [2.45, 2.75) is 25.9 Å². The molecule has 0 aliphatic heterocycles. The lowest BCUT2D eigenvalue weighted by molar-refractivity contribution is 0.412. The van der Waals surface area contributed by atoms with Gasteiger partial charge >= 0.3 is 0 Å². The Labute approximate surface area is 114 Å². The van der Waals surface area contributed by atoms with Crippen LogP contribution in [0.5, 0.6) is 5.75 Å². The summed E-state index contributed by atoms with van der Waals surface area (Å²) in [4.78, 5) is 4.15. The lowest BCUT2D eigenvalue weighted by Gasteiger charge is -2.20. The van der Waals surface area contributed by atoms with Crippen LogP contribution in [0.15, 0.2) is 48.8 Å². The van der Waals surface area contributed by atoms with E-state index in [1.807, 2.05) is 24.4 Å². The first-order valence-electron chi connectivity index (χ1n) is 6.50. The summed E-state index contributed by atoms with van der Waals surface area (Å²) in [6, 6.07) is 12.7. The van der Waals surface area contributed by atoms with Gasteiger partial charge in [-0.15, -0.1) is 0 Å². The van der Waals surface area contributed by atoms with E-state index in [0.717, 1.165) is 5.75 Å². The van der Waals surface area contributed by atoms with Gasteiger partial charge in [0.15, 0.2) is 0 Å². The van der Waals surface area contributed by atoms with Gasteiger partial charge in [-0.1, -0.05) is 18.2 Å². The van der Waals surface area contributed by atoms with Crippen molar-refractivity contribution in [3.63, 3.8) is 0 Å². The van der Waals surface area contributed by atoms with Gasteiger partial charge in [0, 0.05) is 24.5 Å². The highest BCUT2D eigenvalue weighted by Crippen LogP contribution is 2.22. The number of ether oxygens (including phenoxy) is 1. The predicted octanol–water partition coefficient (Wildman–Crippen LogP) is 3.50. The van der Waals surface area contributed by atoms with Crippen LogP contribution >= 0.6 is 0 Å². The van der Waals surface area contributed by atoms with E-state index in [2.05, 4.69) is 42.3 Å². The zero-order chi connectivity index (χ0) is 13.7. The third-order valence-corrected chi connectivity index (χ3v) is 3.28. The maximum absolute atomic E-state index is 5.26. The topological polar surface area (TPSA) is 34.1 Å². The van der Waals surface area contributed by atoms with E-state index in [9.17, 15) is 0 Å². The normalized spacial score (nSPS) is 13.8. The largest absolute Gasteiger partial charge is 0.497 e. The zero-order valence-electron chi connectivity index (χ0n) is 11.6. The standard InChI is InChI=1S/C16H20N2O/c1-12(14-6-4-8-16(10-14)19-3)18-13(2)15-7-5-9-17-11-15/h4-13,18H,1-3H3/t12-,13?/m0/s1. The Bertz CT molecular complexity index is 513. The van der Waals surface area contributed by atoms with Crippen molar-refractivity contribution in [1.29, 1.82) is 0 Å². The fourth-order valence-electron chi connectivity index (χ4n) is 2.11. The van der Waals surface area contributed by atoms with Crippen LogP contribution in [-0.2, 0) is 0 Å². The highest BCUT2D eigenvalue weighted by Gasteiger charge is 2.11.